The molecule has 0 bridgehead atoms. The number of fused-ring (bicyclic) bond motifs is 1. The first kappa shape index (κ1) is 16.8. The van der Waals surface area contributed by atoms with E-state index in [1.165, 1.54) is 17.7 Å². The molecule has 2 N–H and O–H groups in total. The van der Waals surface area contributed by atoms with Gasteiger partial charge in [-0.05, 0) is 37.0 Å². The highest BCUT2D eigenvalue weighted by atomic mass is 16.5. The van der Waals surface area contributed by atoms with Crippen LogP contribution in [0.3, 0.4) is 0 Å². The number of para-hydroxylation sites is 1. The van der Waals surface area contributed by atoms with Crippen LogP contribution < -0.4 is 10.6 Å². The molecule has 2 aromatic carbocycles. The molecule has 1 unspecified atom stereocenters. The number of aryl methyl sites for hydroxylation is 1. The summed E-state index contributed by atoms with van der Waals surface area (Å²) in [6.45, 7) is 3.70. The van der Waals surface area contributed by atoms with Gasteiger partial charge in [0.05, 0.1) is 0 Å². The molecule has 0 saturated heterocycles. The Hall–Kier alpha value is -2.66. The van der Waals surface area contributed by atoms with E-state index in [4.69, 9.17) is 10.3 Å². The molecule has 4 rings (SSSR count). The van der Waals surface area contributed by atoms with Crippen molar-refractivity contribution in [2.45, 2.75) is 38.8 Å². The molecule has 1 atom stereocenters. The summed E-state index contributed by atoms with van der Waals surface area (Å²) in [4.78, 5) is 7.02. The highest BCUT2D eigenvalue weighted by Crippen LogP contribution is 2.30. The Morgan fingerprint density at radius 1 is 1.15 bits per heavy atom. The molecule has 2 heterocycles. The first-order valence-corrected chi connectivity index (χ1v) is 9.21. The van der Waals surface area contributed by atoms with Crippen molar-refractivity contribution in [1.82, 2.24) is 10.1 Å². The average molecular weight is 348 g/mol. The number of nitrogens with two attached hydrogens (primary N) is 1. The predicted octanol–water partition coefficient (Wildman–Crippen LogP) is 3.58. The maximum Gasteiger partial charge on any atom is 0.228 e. The van der Waals surface area contributed by atoms with E-state index in [-0.39, 0.29) is 0 Å². The highest BCUT2D eigenvalue weighted by molar-refractivity contribution is 5.57. The summed E-state index contributed by atoms with van der Waals surface area (Å²) < 4.78 is 5.48. The first-order valence-electron chi connectivity index (χ1n) is 9.21. The molecule has 134 valence electrons. The van der Waals surface area contributed by atoms with Crippen LogP contribution in [0.1, 0.15) is 30.4 Å². The number of rotatable bonds is 5. The molecule has 0 saturated carbocycles. The standard InChI is InChI=1S/C21H24N4O/c1-15-6-9-17-4-2-3-5-19(17)25(15)13-12-20-23-21(24-26-20)18-10-7-16(14-22)8-11-18/h2-5,7-8,10-11,15H,6,9,12-14,22H2,1H3. The largest absolute Gasteiger partial charge is 0.368 e. The number of benzene rings is 2. The van der Waals surface area contributed by atoms with Crippen molar-refractivity contribution in [3.8, 4) is 11.4 Å². The second-order valence-electron chi connectivity index (χ2n) is 6.87. The van der Waals surface area contributed by atoms with Gasteiger partial charge >= 0.3 is 0 Å². The van der Waals surface area contributed by atoms with Crippen LogP contribution in [0, 0.1) is 0 Å². The van der Waals surface area contributed by atoms with Gasteiger partial charge in [0.1, 0.15) is 0 Å². The summed E-state index contributed by atoms with van der Waals surface area (Å²) in [6.07, 6.45) is 3.07. The Labute approximate surface area is 153 Å². The fourth-order valence-electron chi connectivity index (χ4n) is 3.58. The molecular formula is C21H24N4O. The lowest BCUT2D eigenvalue weighted by atomic mass is 9.96. The zero-order valence-corrected chi connectivity index (χ0v) is 15.1. The van der Waals surface area contributed by atoms with Gasteiger partial charge in [0.2, 0.25) is 11.7 Å². The SMILES string of the molecule is CC1CCc2ccccc2N1CCc1nc(-c2ccc(CN)cc2)no1. The Bertz CT molecular complexity index is 872. The zero-order chi connectivity index (χ0) is 17.9. The molecule has 0 amide bonds. The molecular weight excluding hydrogens is 324 g/mol. The van der Waals surface area contributed by atoms with E-state index < -0.39 is 0 Å². The van der Waals surface area contributed by atoms with Crippen molar-refractivity contribution >= 4 is 5.69 Å². The summed E-state index contributed by atoms with van der Waals surface area (Å²) in [5, 5.41) is 4.13. The van der Waals surface area contributed by atoms with Crippen LogP contribution in [0.15, 0.2) is 53.1 Å². The molecule has 1 aliphatic heterocycles. The number of anilines is 1. The van der Waals surface area contributed by atoms with Gasteiger partial charge in [-0.1, -0.05) is 47.6 Å². The molecule has 1 aromatic heterocycles. The van der Waals surface area contributed by atoms with Crippen LogP contribution in [0.25, 0.3) is 11.4 Å². The fourth-order valence-corrected chi connectivity index (χ4v) is 3.58. The Morgan fingerprint density at radius 2 is 1.96 bits per heavy atom. The molecule has 5 heteroatoms. The van der Waals surface area contributed by atoms with Crippen LogP contribution in [0.5, 0.6) is 0 Å². The minimum atomic E-state index is 0.524. The fraction of sp³-hybridized carbons (Fsp3) is 0.333. The molecule has 3 aromatic rings. The normalized spacial score (nSPS) is 16.5. The van der Waals surface area contributed by atoms with Crippen molar-refractivity contribution in [2.24, 2.45) is 5.73 Å². The zero-order valence-electron chi connectivity index (χ0n) is 15.1. The van der Waals surface area contributed by atoms with Crippen molar-refractivity contribution in [2.75, 3.05) is 11.4 Å². The van der Waals surface area contributed by atoms with Gasteiger partial charge < -0.3 is 15.2 Å². The number of hydrogen-bond donors (Lipinski definition) is 1. The molecule has 0 radical (unpaired) electrons. The van der Waals surface area contributed by atoms with Crippen LogP contribution in [0.4, 0.5) is 5.69 Å². The summed E-state index contributed by atoms with van der Waals surface area (Å²) in [7, 11) is 0. The van der Waals surface area contributed by atoms with Gasteiger partial charge in [0, 0.05) is 36.8 Å². The predicted molar refractivity (Wildman–Crippen MR) is 103 cm³/mol. The topological polar surface area (TPSA) is 68.2 Å². The highest BCUT2D eigenvalue weighted by Gasteiger charge is 2.23. The van der Waals surface area contributed by atoms with Crippen molar-refractivity contribution < 1.29 is 4.52 Å². The lowest BCUT2D eigenvalue weighted by molar-refractivity contribution is 0.377. The minimum Gasteiger partial charge on any atom is -0.368 e. The monoisotopic (exact) mass is 348 g/mol. The van der Waals surface area contributed by atoms with Gasteiger partial charge in [-0.3, -0.25) is 0 Å². The second-order valence-corrected chi connectivity index (χ2v) is 6.87. The van der Waals surface area contributed by atoms with Crippen LogP contribution in [-0.2, 0) is 19.4 Å². The van der Waals surface area contributed by atoms with Crippen LogP contribution in [-0.4, -0.2) is 22.7 Å². The smallest absolute Gasteiger partial charge is 0.228 e. The minimum absolute atomic E-state index is 0.524. The lowest BCUT2D eigenvalue weighted by Crippen LogP contribution is -2.38. The van der Waals surface area contributed by atoms with Crippen molar-refractivity contribution in [3.05, 3.63) is 65.5 Å². The molecule has 5 nitrogen and oxygen atoms in total. The van der Waals surface area contributed by atoms with Crippen molar-refractivity contribution in [3.63, 3.8) is 0 Å². The number of hydrogen-bond acceptors (Lipinski definition) is 5. The van der Waals surface area contributed by atoms with Gasteiger partial charge in [-0.25, -0.2) is 0 Å². The van der Waals surface area contributed by atoms with Crippen LogP contribution >= 0.6 is 0 Å². The third-order valence-corrected chi connectivity index (χ3v) is 5.15. The quantitative estimate of drug-likeness (QED) is 0.763. The van der Waals surface area contributed by atoms with Gasteiger partial charge in [-0.2, -0.15) is 4.98 Å². The van der Waals surface area contributed by atoms with E-state index in [0.717, 1.165) is 30.5 Å². The molecule has 0 spiro atoms. The van der Waals surface area contributed by atoms with E-state index in [9.17, 15) is 0 Å². The summed E-state index contributed by atoms with van der Waals surface area (Å²) in [5.41, 5.74) is 10.5. The number of nitrogens with zero attached hydrogens (tertiary/aromatic N) is 3. The maximum absolute atomic E-state index is 5.64. The molecule has 0 fully saturated rings. The molecule has 1 aliphatic rings. The summed E-state index contributed by atoms with van der Waals surface area (Å²) >= 11 is 0. The first-order chi connectivity index (χ1) is 12.7. The lowest BCUT2D eigenvalue weighted by Gasteiger charge is -2.36. The van der Waals surface area contributed by atoms with E-state index >= 15 is 0 Å². The van der Waals surface area contributed by atoms with E-state index in [2.05, 4.69) is 46.2 Å². The Kier molecular flexibility index (Phi) is 4.71. The van der Waals surface area contributed by atoms with Gasteiger partial charge in [-0.15, -0.1) is 0 Å². The van der Waals surface area contributed by atoms with Crippen molar-refractivity contribution in [1.29, 1.82) is 0 Å². The summed E-state index contributed by atoms with van der Waals surface area (Å²) in [6, 6.07) is 17.2. The maximum atomic E-state index is 5.64. The third-order valence-electron chi connectivity index (χ3n) is 5.15. The Balaban J connectivity index is 1.46. The van der Waals surface area contributed by atoms with Crippen LogP contribution in [0.2, 0.25) is 0 Å². The van der Waals surface area contributed by atoms with E-state index in [1.807, 2.05) is 24.3 Å². The molecule has 26 heavy (non-hydrogen) atoms. The number of aromatic nitrogens is 2. The average Bonchev–Trinajstić information content (AvgIpc) is 3.16. The summed E-state index contributed by atoms with van der Waals surface area (Å²) in [5.74, 6) is 1.31. The third kappa shape index (κ3) is 3.35. The Morgan fingerprint density at radius 3 is 2.77 bits per heavy atom. The van der Waals surface area contributed by atoms with Gasteiger partial charge in [0.25, 0.3) is 0 Å². The van der Waals surface area contributed by atoms with Gasteiger partial charge in [0.15, 0.2) is 0 Å². The van der Waals surface area contributed by atoms with E-state index in [0.29, 0.717) is 24.3 Å². The molecule has 0 aliphatic carbocycles. The van der Waals surface area contributed by atoms with E-state index in [1.54, 1.807) is 0 Å². The second kappa shape index (κ2) is 7.30.